The van der Waals surface area contributed by atoms with E-state index in [4.69, 9.17) is 9.47 Å². The number of hydrogen-bond acceptors (Lipinski definition) is 4. The number of benzene rings is 1. The molecule has 2 amide bonds. The summed E-state index contributed by atoms with van der Waals surface area (Å²) < 4.78 is 10.5. The lowest BCUT2D eigenvalue weighted by atomic mass is 10.2. The number of nitrogens with one attached hydrogen (secondary N) is 2. The highest BCUT2D eigenvalue weighted by Gasteiger charge is 2.06. The number of urea groups is 1. The molecule has 1 aromatic heterocycles. The quantitative estimate of drug-likeness (QED) is 0.860. The summed E-state index contributed by atoms with van der Waals surface area (Å²) >= 11 is 0. The summed E-state index contributed by atoms with van der Waals surface area (Å²) in [6.07, 6.45) is 1.66. The van der Waals surface area contributed by atoms with Crippen LogP contribution in [0.4, 0.5) is 10.5 Å². The van der Waals surface area contributed by atoms with E-state index in [1.165, 1.54) is 0 Å². The highest BCUT2D eigenvalue weighted by Crippen LogP contribution is 2.16. The standard InChI is InChI=1S/C16H19N3O3/c1-3-22-15-12(5-4-10-17-15)11-18-16(20)19-13-6-8-14(21-2)9-7-13/h4-10H,3,11H2,1-2H3,(H2,18,19,20). The molecule has 0 unspecified atom stereocenters. The van der Waals surface area contributed by atoms with Crippen molar-refractivity contribution < 1.29 is 14.3 Å². The van der Waals surface area contributed by atoms with Gasteiger partial charge < -0.3 is 20.1 Å². The van der Waals surface area contributed by atoms with Crippen LogP contribution < -0.4 is 20.1 Å². The molecular formula is C16H19N3O3. The number of amides is 2. The first-order valence-electron chi connectivity index (χ1n) is 6.98. The zero-order valence-electron chi connectivity index (χ0n) is 12.6. The first-order valence-corrected chi connectivity index (χ1v) is 6.98. The van der Waals surface area contributed by atoms with E-state index in [1.807, 2.05) is 13.0 Å². The maximum Gasteiger partial charge on any atom is 0.319 e. The van der Waals surface area contributed by atoms with E-state index in [-0.39, 0.29) is 6.03 Å². The Labute approximate surface area is 129 Å². The van der Waals surface area contributed by atoms with Gasteiger partial charge in [0.1, 0.15) is 5.75 Å². The fourth-order valence-electron chi connectivity index (χ4n) is 1.85. The van der Waals surface area contributed by atoms with Crippen molar-refractivity contribution in [2.24, 2.45) is 0 Å². The summed E-state index contributed by atoms with van der Waals surface area (Å²) in [7, 11) is 1.60. The summed E-state index contributed by atoms with van der Waals surface area (Å²) in [5.41, 5.74) is 1.52. The van der Waals surface area contributed by atoms with Gasteiger partial charge >= 0.3 is 6.03 Å². The largest absolute Gasteiger partial charge is 0.497 e. The first-order chi connectivity index (χ1) is 10.7. The van der Waals surface area contributed by atoms with Crippen molar-refractivity contribution >= 4 is 11.7 Å². The molecule has 6 heteroatoms. The van der Waals surface area contributed by atoms with E-state index >= 15 is 0 Å². The minimum absolute atomic E-state index is 0.295. The summed E-state index contributed by atoms with van der Waals surface area (Å²) in [6.45, 7) is 2.76. The topological polar surface area (TPSA) is 72.5 Å². The van der Waals surface area contributed by atoms with Crippen LogP contribution in [0, 0.1) is 0 Å². The van der Waals surface area contributed by atoms with Crippen molar-refractivity contribution in [3.8, 4) is 11.6 Å². The van der Waals surface area contributed by atoms with Gasteiger partial charge in [-0.1, -0.05) is 6.07 Å². The molecule has 2 N–H and O–H groups in total. The van der Waals surface area contributed by atoms with Gasteiger partial charge in [-0.25, -0.2) is 9.78 Å². The third-order valence-corrected chi connectivity index (χ3v) is 2.92. The SMILES string of the molecule is CCOc1ncccc1CNC(=O)Nc1ccc(OC)cc1. The van der Waals surface area contributed by atoms with Crippen molar-refractivity contribution in [2.45, 2.75) is 13.5 Å². The fourth-order valence-corrected chi connectivity index (χ4v) is 1.85. The third-order valence-electron chi connectivity index (χ3n) is 2.92. The van der Waals surface area contributed by atoms with Gasteiger partial charge in [-0.2, -0.15) is 0 Å². The van der Waals surface area contributed by atoms with Crippen molar-refractivity contribution in [3.05, 3.63) is 48.2 Å². The van der Waals surface area contributed by atoms with E-state index in [9.17, 15) is 4.79 Å². The Kier molecular flexibility index (Phi) is 5.59. The van der Waals surface area contributed by atoms with Crippen LogP contribution in [0.3, 0.4) is 0 Å². The molecule has 0 radical (unpaired) electrons. The van der Waals surface area contributed by atoms with Crippen LogP contribution in [0.1, 0.15) is 12.5 Å². The molecule has 0 atom stereocenters. The number of ether oxygens (including phenoxy) is 2. The average molecular weight is 301 g/mol. The molecular weight excluding hydrogens is 282 g/mol. The van der Waals surface area contributed by atoms with Crippen molar-refractivity contribution in [3.63, 3.8) is 0 Å². The van der Waals surface area contributed by atoms with E-state index in [0.717, 1.165) is 11.3 Å². The zero-order chi connectivity index (χ0) is 15.8. The highest BCUT2D eigenvalue weighted by atomic mass is 16.5. The number of aromatic nitrogens is 1. The Bertz CT molecular complexity index is 614. The van der Waals surface area contributed by atoms with Gasteiger partial charge in [0.15, 0.2) is 0 Å². The summed E-state index contributed by atoms with van der Waals surface area (Å²) in [4.78, 5) is 16.0. The molecule has 0 spiro atoms. The van der Waals surface area contributed by atoms with Crippen LogP contribution in [0.15, 0.2) is 42.6 Å². The van der Waals surface area contributed by atoms with Crippen molar-refractivity contribution in [2.75, 3.05) is 19.0 Å². The maximum absolute atomic E-state index is 11.9. The van der Waals surface area contributed by atoms with E-state index < -0.39 is 0 Å². The van der Waals surface area contributed by atoms with Gasteiger partial charge in [-0.15, -0.1) is 0 Å². The Balaban J connectivity index is 1.89. The zero-order valence-corrected chi connectivity index (χ0v) is 12.6. The van der Waals surface area contributed by atoms with Gasteiger partial charge in [0.05, 0.1) is 13.7 Å². The summed E-state index contributed by atoms with van der Waals surface area (Å²) in [6, 6.07) is 10.5. The third kappa shape index (κ3) is 4.37. The predicted molar refractivity (Wildman–Crippen MR) is 84.3 cm³/mol. The second kappa shape index (κ2) is 7.87. The predicted octanol–water partition coefficient (Wildman–Crippen LogP) is 2.81. The molecule has 1 heterocycles. The molecule has 6 nitrogen and oxygen atoms in total. The number of carbonyl (C=O) groups is 1. The van der Waals surface area contributed by atoms with Crippen LogP contribution in [0.2, 0.25) is 0 Å². The Morgan fingerprint density at radius 1 is 1.23 bits per heavy atom. The molecule has 0 saturated carbocycles. The number of anilines is 1. The molecule has 22 heavy (non-hydrogen) atoms. The Morgan fingerprint density at radius 2 is 2.00 bits per heavy atom. The molecule has 2 aromatic rings. The van der Waals surface area contributed by atoms with Crippen LogP contribution in [-0.2, 0) is 6.54 Å². The molecule has 1 aromatic carbocycles. The second-order valence-corrected chi connectivity index (χ2v) is 4.44. The first kappa shape index (κ1) is 15.6. The normalized spacial score (nSPS) is 9.91. The Morgan fingerprint density at radius 3 is 2.68 bits per heavy atom. The lowest BCUT2D eigenvalue weighted by Gasteiger charge is -2.11. The van der Waals surface area contributed by atoms with Crippen LogP contribution >= 0.6 is 0 Å². The fraction of sp³-hybridized carbons (Fsp3) is 0.250. The number of hydrogen-bond donors (Lipinski definition) is 2. The minimum Gasteiger partial charge on any atom is -0.497 e. The average Bonchev–Trinajstić information content (AvgIpc) is 2.55. The van der Waals surface area contributed by atoms with Crippen LogP contribution in [0.25, 0.3) is 0 Å². The number of pyridine rings is 1. The van der Waals surface area contributed by atoms with Gasteiger partial charge in [-0.05, 0) is 37.3 Å². The molecule has 0 bridgehead atoms. The van der Waals surface area contributed by atoms with E-state index in [2.05, 4.69) is 15.6 Å². The second-order valence-electron chi connectivity index (χ2n) is 4.44. The van der Waals surface area contributed by atoms with Crippen LogP contribution in [0.5, 0.6) is 11.6 Å². The van der Waals surface area contributed by atoms with Gasteiger partial charge in [0.2, 0.25) is 5.88 Å². The van der Waals surface area contributed by atoms with Crippen LogP contribution in [-0.4, -0.2) is 24.7 Å². The van der Waals surface area contributed by atoms with Gasteiger partial charge in [-0.3, -0.25) is 0 Å². The van der Waals surface area contributed by atoms with E-state index in [0.29, 0.717) is 24.7 Å². The number of nitrogens with zero attached hydrogens (tertiary/aromatic N) is 1. The smallest absolute Gasteiger partial charge is 0.319 e. The Hall–Kier alpha value is -2.76. The molecule has 0 aliphatic rings. The minimum atomic E-state index is -0.295. The number of methoxy groups -OCH3 is 1. The number of rotatable bonds is 6. The monoisotopic (exact) mass is 301 g/mol. The van der Waals surface area contributed by atoms with Gasteiger partial charge in [0.25, 0.3) is 0 Å². The molecule has 0 aliphatic carbocycles. The molecule has 0 fully saturated rings. The lowest BCUT2D eigenvalue weighted by molar-refractivity contribution is 0.251. The van der Waals surface area contributed by atoms with E-state index in [1.54, 1.807) is 43.6 Å². The summed E-state index contributed by atoms with van der Waals surface area (Å²) in [5.74, 6) is 1.28. The molecule has 2 rings (SSSR count). The molecule has 116 valence electrons. The lowest BCUT2D eigenvalue weighted by Crippen LogP contribution is -2.28. The summed E-state index contributed by atoms with van der Waals surface area (Å²) in [5, 5.41) is 5.52. The maximum atomic E-state index is 11.9. The molecule has 0 saturated heterocycles. The van der Waals surface area contributed by atoms with Gasteiger partial charge in [0, 0.05) is 24.0 Å². The highest BCUT2D eigenvalue weighted by molar-refractivity contribution is 5.89. The molecule has 0 aliphatic heterocycles. The van der Waals surface area contributed by atoms with Crippen molar-refractivity contribution in [1.82, 2.24) is 10.3 Å². The van der Waals surface area contributed by atoms with Crippen molar-refractivity contribution in [1.29, 1.82) is 0 Å². The number of carbonyl (C=O) groups excluding carboxylic acids is 1.